The molecule has 0 radical (unpaired) electrons. The van der Waals surface area contributed by atoms with Crippen LogP contribution >= 0.6 is 0 Å². The Balaban J connectivity index is 2.55. The van der Waals surface area contributed by atoms with Gasteiger partial charge in [0.15, 0.2) is 5.92 Å². The van der Waals surface area contributed by atoms with Gasteiger partial charge in [0, 0.05) is 6.04 Å². The van der Waals surface area contributed by atoms with Crippen molar-refractivity contribution in [3.05, 3.63) is 0 Å². The molecule has 1 saturated heterocycles. The molecule has 0 amide bonds. The fourth-order valence-electron chi connectivity index (χ4n) is 1.60. The number of hydrogen-bond acceptors (Lipinski definition) is 4. The standard InChI is InChI=1S/C9H14N2O2/c1-13-9(12)7(6-10)8-4-2-3-5-11-8/h7-8,11H,2-5H2,1H3/t7-,8?/m0/s1. The molecule has 0 aliphatic carbocycles. The van der Waals surface area contributed by atoms with Crippen molar-refractivity contribution in [2.75, 3.05) is 13.7 Å². The lowest BCUT2D eigenvalue weighted by Crippen LogP contribution is -2.42. The average molecular weight is 182 g/mol. The fraction of sp³-hybridized carbons (Fsp3) is 0.778. The summed E-state index contributed by atoms with van der Waals surface area (Å²) < 4.78 is 4.56. The van der Waals surface area contributed by atoms with E-state index in [1.54, 1.807) is 0 Å². The summed E-state index contributed by atoms with van der Waals surface area (Å²) in [5.41, 5.74) is 0. The van der Waals surface area contributed by atoms with Gasteiger partial charge in [-0.25, -0.2) is 0 Å². The van der Waals surface area contributed by atoms with Crippen LogP contribution in [0.2, 0.25) is 0 Å². The summed E-state index contributed by atoms with van der Waals surface area (Å²) >= 11 is 0. The first-order valence-corrected chi connectivity index (χ1v) is 4.50. The van der Waals surface area contributed by atoms with Crippen LogP contribution in [0.15, 0.2) is 0 Å². The van der Waals surface area contributed by atoms with Crippen molar-refractivity contribution in [1.29, 1.82) is 5.26 Å². The molecular weight excluding hydrogens is 168 g/mol. The second kappa shape index (κ2) is 4.83. The highest BCUT2D eigenvalue weighted by Gasteiger charge is 2.29. The highest BCUT2D eigenvalue weighted by molar-refractivity contribution is 5.76. The molecule has 0 bridgehead atoms. The molecule has 13 heavy (non-hydrogen) atoms. The number of nitrogens with zero attached hydrogens (tertiary/aromatic N) is 1. The van der Waals surface area contributed by atoms with E-state index in [-0.39, 0.29) is 6.04 Å². The third kappa shape index (κ3) is 2.43. The minimum Gasteiger partial charge on any atom is -0.468 e. The Labute approximate surface area is 77.9 Å². The van der Waals surface area contributed by atoms with E-state index < -0.39 is 11.9 Å². The maximum atomic E-state index is 11.2. The Morgan fingerprint density at radius 1 is 1.69 bits per heavy atom. The van der Waals surface area contributed by atoms with Gasteiger partial charge in [0.25, 0.3) is 0 Å². The molecule has 0 spiro atoms. The Bertz CT molecular complexity index is 216. The summed E-state index contributed by atoms with van der Waals surface area (Å²) in [4.78, 5) is 11.2. The van der Waals surface area contributed by atoms with Gasteiger partial charge < -0.3 is 10.1 Å². The van der Waals surface area contributed by atoms with Gasteiger partial charge in [-0.05, 0) is 19.4 Å². The molecule has 1 aliphatic heterocycles. The van der Waals surface area contributed by atoms with Crippen molar-refractivity contribution in [3.8, 4) is 6.07 Å². The molecular formula is C9H14N2O2. The molecule has 72 valence electrons. The van der Waals surface area contributed by atoms with Crippen molar-refractivity contribution in [1.82, 2.24) is 5.32 Å². The molecule has 1 N–H and O–H groups in total. The number of ether oxygens (including phenoxy) is 1. The number of nitriles is 1. The van der Waals surface area contributed by atoms with Gasteiger partial charge in [-0.15, -0.1) is 0 Å². The lowest BCUT2D eigenvalue weighted by molar-refractivity contribution is -0.144. The van der Waals surface area contributed by atoms with Crippen LogP contribution in [0.5, 0.6) is 0 Å². The van der Waals surface area contributed by atoms with Gasteiger partial charge in [-0.2, -0.15) is 5.26 Å². The number of hydrogen-bond donors (Lipinski definition) is 1. The Morgan fingerprint density at radius 3 is 2.92 bits per heavy atom. The summed E-state index contributed by atoms with van der Waals surface area (Å²) in [5, 5.41) is 12.0. The monoisotopic (exact) mass is 182 g/mol. The first kappa shape index (κ1) is 10.0. The van der Waals surface area contributed by atoms with Crippen molar-refractivity contribution in [2.24, 2.45) is 5.92 Å². The van der Waals surface area contributed by atoms with E-state index >= 15 is 0 Å². The molecule has 0 aromatic rings. The van der Waals surface area contributed by atoms with Gasteiger partial charge in [0.1, 0.15) is 0 Å². The SMILES string of the molecule is COC(=O)[C@@H](C#N)C1CCCCN1. The molecule has 4 nitrogen and oxygen atoms in total. The number of piperidine rings is 1. The third-order valence-corrected chi connectivity index (χ3v) is 2.35. The maximum absolute atomic E-state index is 11.2. The molecule has 1 heterocycles. The minimum absolute atomic E-state index is 0.0220. The first-order chi connectivity index (χ1) is 6.29. The lowest BCUT2D eigenvalue weighted by atomic mass is 9.93. The van der Waals surface area contributed by atoms with Gasteiger partial charge in [-0.3, -0.25) is 4.79 Å². The van der Waals surface area contributed by atoms with Crippen LogP contribution in [-0.2, 0) is 9.53 Å². The third-order valence-electron chi connectivity index (χ3n) is 2.35. The van der Waals surface area contributed by atoms with Gasteiger partial charge >= 0.3 is 5.97 Å². The van der Waals surface area contributed by atoms with Crippen LogP contribution in [-0.4, -0.2) is 25.7 Å². The number of rotatable bonds is 2. The van der Waals surface area contributed by atoms with Crippen LogP contribution < -0.4 is 5.32 Å². The number of methoxy groups -OCH3 is 1. The highest BCUT2D eigenvalue weighted by atomic mass is 16.5. The molecule has 1 aliphatic rings. The predicted octanol–water partition coefficient (Wildman–Crippen LogP) is 0.441. The van der Waals surface area contributed by atoms with Crippen molar-refractivity contribution in [2.45, 2.75) is 25.3 Å². The predicted molar refractivity (Wildman–Crippen MR) is 46.8 cm³/mol. The summed E-state index contributed by atoms with van der Waals surface area (Å²) in [7, 11) is 1.31. The molecule has 0 aromatic heterocycles. The Hall–Kier alpha value is -1.08. The Kier molecular flexibility index (Phi) is 3.71. The van der Waals surface area contributed by atoms with Gasteiger partial charge in [0.2, 0.25) is 0 Å². The zero-order chi connectivity index (χ0) is 9.68. The zero-order valence-electron chi connectivity index (χ0n) is 7.75. The molecule has 1 rings (SSSR count). The second-order valence-corrected chi connectivity index (χ2v) is 3.19. The number of esters is 1. The van der Waals surface area contributed by atoms with Crippen molar-refractivity contribution < 1.29 is 9.53 Å². The second-order valence-electron chi connectivity index (χ2n) is 3.19. The van der Waals surface area contributed by atoms with E-state index in [0.717, 1.165) is 25.8 Å². The summed E-state index contributed by atoms with van der Waals surface area (Å²) in [6.45, 7) is 0.889. The van der Waals surface area contributed by atoms with Crippen molar-refractivity contribution in [3.63, 3.8) is 0 Å². The molecule has 2 atom stereocenters. The number of carbonyl (C=O) groups is 1. The largest absolute Gasteiger partial charge is 0.468 e. The quantitative estimate of drug-likeness (QED) is 0.629. The summed E-state index contributed by atoms with van der Waals surface area (Å²) in [6.07, 6.45) is 3.08. The molecule has 1 unspecified atom stereocenters. The molecule has 4 heteroatoms. The average Bonchev–Trinajstić information content (AvgIpc) is 2.20. The van der Waals surface area contributed by atoms with Crippen LogP contribution in [0, 0.1) is 17.2 Å². The zero-order valence-corrected chi connectivity index (χ0v) is 7.75. The number of nitrogens with one attached hydrogen (secondary N) is 1. The van der Waals surface area contributed by atoms with Crippen molar-refractivity contribution >= 4 is 5.97 Å². The summed E-state index contributed by atoms with van der Waals surface area (Å²) in [5.74, 6) is -1.08. The smallest absolute Gasteiger partial charge is 0.324 e. The van der Waals surface area contributed by atoms with Crippen LogP contribution in [0.4, 0.5) is 0 Å². The van der Waals surface area contributed by atoms with E-state index in [2.05, 4.69) is 10.1 Å². The normalized spacial score (nSPS) is 24.5. The maximum Gasteiger partial charge on any atom is 0.324 e. The summed E-state index contributed by atoms with van der Waals surface area (Å²) in [6, 6.07) is 1.96. The molecule has 0 aromatic carbocycles. The fourth-order valence-corrected chi connectivity index (χ4v) is 1.60. The molecule has 0 saturated carbocycles. The van der Waals surface area contributed by atoms with Crippen LogP contribution in [0.3, 0.4) is 0 Å². The Morgan fingerprint density at radius 2 is 2.46 bits per heavy atom. The molecule has 1 fully saturated rings. The van der Waals surface area contributed by atoms with Gasteiger partial charge in [0.05, 0.1) is 13.2 Å². The van der Waals surface area contributed by atoms with E-state index in [1.165, 1.54) is 7.11 Å². The first-order valence-electron chi connectivity index (χ1n) is 4.50. The van der Waals surface area contributed by atoms with E-state index in [1.807, 2.05) is 6.07 Å². The number of carbonyl (C=O) groups excluding carboxylic acids is 1. The van der Waals surface area contributed by atoms with E-state index in [4.69, 9.17) is 5.26 Å². The van der Waals surface area contributed by atoms with E-state index in [0.29, 0.717) is 0 Å². The lowest BCUT2D eigenvalue weighted by Gasteiger charge is -2.25. The topological polar surface area (TPSA) is 62.1 Å². The van der Waals surface area contributed by atoms with Gasteiger partial charge in [-0.1, -0.05) is 6.42 Å². The van der Waals surface area contributed by atoms with E-state index in [9.17, 15) is 4.79 Å². The van der Waals surface area contributed by atoms with Crippen LogP contribution in [0.1, 0.15) is 19.3 Å². The minimum atomic E-state index is -0.648. The highest BCUT2D eigenvalue weighted by Crippen LogP contribution is 2.15. The van der Waals surface area contributed by atoms with Crippen LogP contribution in [0.25, 0.3) is 0 Å².